The number of nitrogens with one attached hydrogen (secondary N) is 1. The number of halogens is 4. The van der Waals surface area contributed by atoms with E-state index in [0.29, 0.717) is 59.9 Å². The minimum absolute atomic E-state index is 0.0175. The number of aromatic amines is 1. The maximum absolute atomic E-state index is 12.2. The van der Waals surface area contributed by atoms with Crippen molar-refractivity contribution in [2.45, 2.75) is 26.2 Å². The van der Waals surface area contributed by atoms with Crippen molar-refractivity contribution in [2.75, 3.05) is 40.4 Å². The van der Waals surface area contributed by atoms with E-state index in [1.807, 2.05) is 4.57 Å². The van der Waals surface area contributed by atoms with E-state index in [2.05, 4.69) is 68.7 Å². The number of aliphatic hydroxyl groups is 1. The fourth-order valence-electron chi connectivity index (χ4n) is 5.77. The highest BCUT2D eigenvalue weighted by Gasteiger charge is 2.11. The molecule has 0 aliphatic heterocycles. The van der Waals surface area contributed by atoms with Gasteiger partial charge in [-0.05, 0) is 78.1 Å². The van der Waals surface area contributed by atoms with E-state index >= 15 is 0 Å². The summed E-state index contributed by atoms with van der Waals surface area (Å²) in [6, 6.07) is 19.5. The standard InChI is InChI=1S/C18H17BrN2O4.C11H11NO3.C7H7Br2NO.C7H8BrNO2/c1-24-16-9-13-14(10-17(16)25-2)20(6-5-15(13)22)7-8-21-11-12(19)3-4-18(21)23;1-14-10-5-7-8(6-11(10)15-2)12-4-3-9(7)13;8-3-4-10-5-6(9)1-2-7(10)11;8-6-1-2-7(11)9(5-6)3-4-10/h3-6,9-11H,7-8H2,1-2H3;3-6H,1-2H3,(H,12,13);1-2,5H,3-4H2;1-2,5,10H,3-4H2. The van der Waals surface area contributed by atoms with Gasteiger partial charge in [-0.15, -0.1) is 0 Å². The van der Waals surface area contributed by atoms with E-state index in [0.717, 1.165) is 29.8 Å². The Morgan fingerprint density at radius 2 is 0.968 bits per heavy atom. The van der Waals surface area contributed by atoms with Gasteiger partial charge in [0.25, 0.3) is 16.7 Å². The van der Waals surface area contributed by atoms with E-state index in [1.54, 1.807) is 110 Å². The fourth-order valence-corrected chi connectivity index (χ4v) is 7.29. The summed E-state index contributed by atoms with van der Waals surface area (Å²) in [6.07, 6.45) is 8.51. The average Bonchev–Trinajstić information content (AvgIpc) is 3.27. The van der Waals surface area contributed by atoms with Crippen LogP contribution in [0.1, 0.15) is 0 Å². The van der Waals surface area contributed by atoms with Crippen LogP contribution in [-0.2, 0) is 26.2 Å². The second-order valence-corrected chi connectivity index (χ2v) is 16.3. The van der Waals surface area contributed by atoms with Gasteiger partial charge >= 0.3 is 0 Å². The third-order valence-electron chi connectivity index (χ3n) is 8.84. The van der Waals surface area contributed by atoms with Gasteiger partial charge in [0.15, 0.2) is 33.9 Å². The molecule has 0 amide bonds. The number of hydrogen-bond acceptors (Lipinski definition) is 10. The molecular formula is C43H43Br4N5O10. The van der Waals surface area contributed by atoms with Crippen LogP contribution >= 0.6 is 63.7 Å². The number of methoxy groups -OCH3 is 4. The summed E-state index contributed by atoms with van der Waals surface area (Å²) in [6.45, 7) is 2.04. The predicted molar refractivity (Wildman–Crippen MR) is 255 cm³/mol. The zero-order valence-electron chi connectivity index (χ0n) is 34.0. The van der Waals surface area contributed by atoms with Gasteiger partial charge in [-0.2, -0.15) is 0 Å². The number of alkyl halides is 1. The van der Waals surface area contributed by atoms with E-state index in [9.17, 15) is 24.0 Å². The van der Waals surface area contributed by atoms with Crippen LogP contribution in [0.25, 0.3) is 21.8 Å². The number of pyridine rings is 5. The Morgan fingerprint density at radius 1 is 0.532 bits per heavy atom. The van der Waals surface area contributed by atoms with Crippen molar-refractivity contribution in [2.24, 2.45) is 0 Å². The molecule has 0 saturated carbocycles. The maximum atomic E-state index is 12.2. The number of hydrogen-bond donors (Lipinski definition) is 2. The lowest BCUT2D eigenvalue weighted by molar-refractivity contribution is 0.274. The molecule has 0 fully saturated rings. The van der Waals surface area contributed by atoms with Gasteiger partial charge in [-0.3, -0.25) is 24.0 Å². The maximum Gasteiger partial charge on any atom is 0.250 e. The summed E-state index contributed by atoms with van der Waals surface area (Å²) < 4.78 is 30.1. The quantitative estimate of drug-likeness (QED) is 0.131. The van der Waals surface area contributed by atoms with Crippen LogP contribution in [0.4, 0.5) is 0 Å². The Labute approximate surface area is 388 Å². The van der Waals surface area contributed by atoms with Crippen LogP contribution in [0, 0.1) is 0 Å². The number of fused-ring (bicyclic) bond motifs is 2. The lowest BCUT2D eigenvalue weighted by atomic mass is 10.2. The Balaban J connectivity index is 0.000000195. The lowest BCUT2D eigenvalue weighted by Gasteiger charge is -2.14. The molecule has 19 heteroatoms. The van der Waals surface area contributed by atoms with E-state index in [4.69, 9.17) is 24.1 Å². The first-order valence-electron chi connectivity index (χ1n) is 18.5. The van der Waals surface area contributed by atoms with E-state index in [1.165, 1.54) is 35.9 Å². The highest BCUT2D eigenvalue weighted by molar-refractivity contribution is 9.11. The van der Waals surface area contributed by atoms with Gasteiger partial charge in [-0.1, -0.05) is 15.9 Å². The molecule has 5 aromatic heterocycles. The summed E-state index contributed by atoms with van der Waals surface area (Å²) in [5.74, 6) is 2.22. The van der Waals surface area contributed by atoms with Crippen LogP contribution < -0.4 is 46.5 Å². The normalized spacial score (nSPS) is 10.4. The van der Waals surface area contributed by atoms with Crippen molar-refractivity contribution >= 4 is 85.5 Å². The van der Waals surface area contributed by atoms with Crippen LogP contribution in [0.3, 0.4) is 0 Å². The fraction of sp³-hybridized carbons (Fsp3) is 0.233. The Bertz CT molecular complexity index is 2850. The topological polar surface area (TPSA) is 178 Å². The van der Waals surface area contributed by atoms with Gasteiger partial charge in [0.1, 0.15) is 0 Å². The minimum atomic E-state index is -0.0951. The largest absolute Gasteiger partial charge is 0.493 e. The highest BCUT2D eigenvalue weighted by Crippen LogP contribution is 2.31. The smallest absolute Gasteiger partial charge is 0.250 e. The lowest BCUT2D eigenvalue weighted by Crippen LogP contribution is -2.21. The number of aromatic nitrogens is 5. The summed E-state index contributed by atoms with van der Waals surface area (Å²) >= 11 is 13.2. The average molecular weight is 1110 g/mol. The molecule has 2 N–H and O–H groups in total. The monoisotopic (exact) mass is 1100 g/mol. The van der Waals surface area contributed by atoms with E-state index < -0.39 is 0 Å². The Hall–Kier alpha value is -5.21. The van der Waals surface area contributed by atoms with Crippen LogP contribution in [-0.4, -0.2) is 68.7 Å². The summed E-state index contributed by atoms with van der Waals surface area (Å²) in [4.78, 5) is 60.7. The third kappa shape index (κ3) is 13.6. The number of H-pyrrole nitrogens is 1. The van der Waals surface area contributed by atoms with Crippen molar-refractivity contribution in [1.29, 1.82) is 0 Å². The molecule has 0 spiro atoms. The van der Waals surface area contributed by atoms with Gasteiger partial charge in [0, 0.05) is 129 Å². The number of ether oxygens (including phenoxy) is 4. The zero-order valence-corrected chi connectivity index (χ0v) is 40.3. The van der Waals surface area contributed by atoms with Gasteiger partial charge in [0.05, 0.1) is 46.1 Å². The molecule has 7 rings (SSSR count). The SMILES string of the molecule is COc1cc2[nH]ccc(=O)c2cc1OC.COc1cc2c(=O)ccn(CCn3cc(Br)ccc3=O)c2cc1OC.O=c1ccc(Br)cn1CCBr.O=c1ccc(Br)cn1CCO. The number of aliphatic hydroxyl groups excluding tert-OH is 1. The first-order chi connectivity index (χ1) is 29.8. The molecule has 15 nitrogen and oxygen atoms in total. The first-order valence-corrected chi connectivity index (χ1v) is 22.0. The summed E-state index contributed by atoms with van der Waals surface area (Å²) in [5.41, 5.74) is 1.20. The second kappa shape index (κ2) is 24.4. The number of rotatable bonds is 11. The molecule has 0 saturated heterocycles. The van der Waals surface area contributed by atoms with Gasteiger partial charge < -0.3 is 47.3 Å². The van der Waals surface area contributed by atoms with Gasteiger partial charge in [0.2, 0.25) is 0 Å². The highest BCUT2D eigenvalue weighted by atomic mass is 79.9. The Kier molecular flexibility index (Phi) is 19.5. The minimum Gasteiger partial charge on any atom is -0.493 e. The molecule has 0 bridgehead atoms. The van der Waals surface area contributed by atoms with Crippen LogP contribution in [0.15, 0.2) is 141 Å². The molecule has 5 heterocycles. The molecule has 0 aliphatic rings. The van der Waals surface area contributed by atoms with Crippen molar-refractivity contribution < 1.29 is 24.1 Å². The van der Waals surface area contributed by atoms with E-state index in [-0.39, 0.29) is 34.1 Å². The van der Waals surface area contributed by atoms with Crippen molar-refractivity contribution in [3.05, 3.63) is 169 Å². The molecular weight excluding hydrogens is 1070 g/mol. The molecule has 328 valence electrons. The predicted octanol–water partition coefficient (Wildman–Crippen LogP) is 6.80. The molecule has 0 radical (unpaired) electrons. The first kappa shape index (κ1) is 49.4. The Morgan fingerprint density at radius 3 is 1.47 bits per heavy atom. The van der Waals surface area contributed by atoms with Crippen molar-refractivity contribution in [3.63, 3.8) is 0 Å². The molecule has 0 atom stereocenters. The molecule has 2 aromatic carbocycles. The summed E-state index contributed by atoms with van der Waals surface area (Å²) in [7, 11) is 6.19. The second-order valence-electron chi connectivity index (χ2n) is 12.7. The van der Waals surface area contributed by atoms with Crippen molar-refractivity contribution in [3.8, 4) is 23.0 Å². The van der Waals surface area contributed by atoms with Crippen LogP contribution in [0.2, 0.25) is 0 Å². The summed E-state index contributed by atoms with van der Waals surface area (Å²) in [5, 5.41) is 10.5. The van der Waals surface area contributed by atoms with Crippen LogP contribution in [0.5, 0.6) is 23.0 Å². The number of benzene rings is 2. The third-order valence-corrected chi connectivity index (χ3v) is 10.6. The number of aryl methyl sites for hydroxylation is 3. The molecule has 0 unspecified atom stereocenters. The van der Waals surface area contributed by atoms with Crippen molar-refractivity contribution in [1.82, 2.24) is 23.3 Å². The molecule has 62 heavy (non-hydrogen) atoms. The number of nitrogens with zero attached hydrogens (tertiary/aromatic N) is 4. The molecule has 0 aliphatic carbocycles. The molecule has 7 aromatic rings. The van der Waals surface area contributed by atoms with Gasteiger partial charge in [-0.25, -0.2) is 0 Å². The zero-order chi connectivity index (χ0) is 45.3.